The molecule has 0 atom stereocenters. The minimum Gasteiger partial charge on any atom is -0.491 e. The molecule has 1 aromatic heterocycles. The Labute approximate surface area is 175 Å². The molecule has 3 aromatic rings. The maximum absolute atomic E-state index is 12.2. The first-order valence-electron chi connectivity index (χ1n) is 8.77. The number of benzene rings is 2. The summed E-state index contributed by atoms with van der Waals surface area (Å²) in [5, 5.41) is 8.87. The number of carbonyl (C=O) groups excluding carboxylic acids is 1. The number of halogens is 2. The molecule has 1 heterocycles. The van der Waals surface area contributed by atoms with Crippen LogP contribution in [-0.2, 0) is 0 Å². The lowest BCUT2D eigenvalue weighted by Crippen LogP contribution is -2.19. The number of hydrogen-bond donors (Lipinski definition) is 3. The summed E-state index contributed by atoms with van der Waals surface area (Å²) in [6, 6.07) is 14.2. The molecule has 29 heavy (non-hydrogen) atoms. The second kappa shape index (κ2) is 9.83. The van der Waals surface area contributed by atoms with Crippen LogP contribution in [-0.4, -0.2) is 36.2 Å². The van der Waals surface area contributed by atoms with Gasteiger partial charge in [0.05, 0.1) is 15.7 Å². The van der Waals surface area contributed by atoms with E-state index in [1.165, 1.54) is 0 Å². The average Bonchev–Trinajstić information content (AvgIpc) is 2.75. The average molecular weight is 460 g/mol. The van der Waals surface area contributed by atoms with Crippen LogP contribution in [0.5, 0.6) is 5.75 Å². The third-order valence-electron chi connectivity index (χ3n) is 3.85. The number of rotatable bonds is 8. The molecule has 0 fully saturated rings. The van der Waals surface area contributed by atoms with Crippen LogP contribution in [0.2, 0.25) is 0 Å². The highest BCUT2D eigenvalue weighted by molar-refractivity contribution is 9.10. The summed E-state index contributed by atoms with van der Waals surface area (Å²) in [7, 11) is 1.58. The maximum Gasteiger partial charge on any atom is 0.253 e. The number of amides is 1. The first kappa shape index (κ1) is 20.5. The van der Waals surface area contributed by atoms with Crippen LogP contribution < -0.4 is 20.7 Å². The topological polar surface area (TPSA) is 88.2 Å². The van der Waals surface area contributed by atoms with Gasteiger partial charge in [0.1, 0.15) is 24.8 Å². The third kappa shape index (κ3) is 5.41. The molecule has 0 aliphatic carbocycles. The molecule has 0 saturated carbocycles. The number of aromatic nitrogens is 2. The molecule has 0 spiro atoms. The van der Waals surface area contributed by atoms with Crippen molar-refractivity contribution in [3.05, 3.63) is 64.8 Å². The number of carbonyl (C=O) groups is 1. The highest BCUT2D eigenvalue weighted by Gasteiger charge is 2.12. The van der Waals surface area contributed by atoms with Gasteiger partial charge in [0.15, 0.2) is 0 Å². The summed E-state index contributed by atoms with van der Waals surface area (Å²) in [5.41, 5.74) is 1.86. The zero-order valence-electron chi connectivity index (χ0n) is 15.6. The largest absolute Gasteiger partial charge is 0.491 e. The summed E-state index contributed by atoms with van der Waals surface area (Å²) in [4.78, 5) is 20.8. The van der Waals surface area contributed by atoms with Crippen molar-refractivity contribution >= 4 is 45.0 Å². The van der Waals surface area contributed by atoms with Crippen LogP contribution in [0.3, 0.4) is 0 Å². The van der Waals surface area contributed by atoms with E-state index < -0.39 is 6.67 Å². The number of anilines is 4. The molecule has 0 aliphatic rings. The van der Waals surface area contributed by atoms with Gasteiger partial charge in [-0.05, 0) is 52.3 Å². The van der Waals surface area contributed by atoms with Crippen molar-refractivity contribution in [1.29, 1.82) is 0 Å². The molecule has 1 amide bonds. The highest BCUT2D eigenvalue weighted by atomic mass is 79.9. The molecule has 0 radical (unpaired) electrons. The van der Waals surface area contributed by atoms with Gasteiger partial charge in [-0.1, -0.05) is 12.1 Å². The van der Waals surface area contributed by atoms with Crippen molar-refractivity contribution in [3.8, 4) is 5.75 Å². The van der Waals surface area contributed by atoms with E-state index in [-0.39, 0.29) is 12.5 Å². The third-order valence-corrected chi connectivity index (χ3v) is 4.43. The van der Waals surface area contributed by atoms with E-state index in [0.29, 0.717) is 33.2 Å². The maximum atomic E-state index is 12.2. The van der Waals surface area contributed by atoms with E-state index >= 15 is 0 Å². The smallest absolute Gasteiger partial charge is 0.253 e. The van der Waals surface area contributed by atoms with Gasteiger partial charge in [0, 0.05) is 18.9 Å². The van der Waals surface area contributed by atoms with Crippen LogP contribution in [0.1, 0.15) is 10.4 Å². The van der Waals surface area contributed by atoms with Crippen molar-refractivity contribution in [2.45, 2.75) is 0 Å². The van der Waals surface area contributed by atoms with Gasteiger partial charge in [-0.2, -0.15) is 4.98 Å². The molecular weight excluding hydrogens is 441 g/mol. The van der Waals surface area contributed by atoms with E-state index in [2.05, 4.69) is 41.8 Å². The van der Waals surface area contributed by atoms with Gasteiger partial charge in [-0.25, -0.2) is 9.37 Å². The minimum atomic E-state index is -0.536. The fraction of sp³-hybridized carbons (Fsp3) is 0.150. The molecule has 150 valence electrons. The zero-order valence-corrected chi connectivity index (χ0v) is 17.2. The van der Waals surface area contributed by atoms with E-state index in [4.69, 9.17) is 4.74 Å². The van der Waals surface area contributed by atoms with Gasteiger partial charge in [-0.15, -0.1) is 0 Å². The quantitative estimate of drug-likeness (QED) is 0.461. The van der Waals surface area contributed by atoms with E-state index in [0.717, 1.165) is 5.69 Å². The second-order valence-corrected chi connectivity index (χ2v) is 6.68. The number of ether oxygens (including phenoxy) is 1. The van der Waals surface area contributed by atoms with Crippen molar-refractivity contribution < 1.29 is 13.9 Å². The molecule has 0 bridgehead atoms. The van der Waals surface area contributed by atoms with Crippen LogP contribution in [0.15, 0.2) is 59.2 Å². The Bertz CT molecular complexity index is 985. The molecular formula is C20H19BrFN5O2. The van der Waals surface area contributed by atoms with E-state index in [1.54, 1.807) is 55.7 Å². The summed E-state index contributed by atoms with van der Waals surface area (Å²) < 4.78 is 18.0. The van der Waals surface area contributed by atoms with Crippen molar-refractivity contribution in [3.63, 3.8) is 0 Å². The number of alkyl halides is 1. The molecule has 0 unspecified atom stereocenters. The highest BCUT2D eigenvalue weighted by Crippen LogP contribution is 2.27. The van der Waals surface area contributed by atoms with Gasteiger partial charge in [-0.3, -0.25) is 4.79 Å². The molecule has 0 saturated heterocycles. The van der Waals surface area contributed by atoms with Crippen LogP contribution >= 0.6 is 15.9 Å². The van der Waals surface area contributed by atoms with Crippen molar-refractivity contribution in [1.82, 2.24) is 15.3 Å². The molecule has 2 aromatic carbocycles. The van der Waals surface area contributed by atoms with Crippen LogP contribution in [0.25, 0.3) is 0 Å². The lowest BCUT2D eigenvalue weighted by atomic mass is 10.1. The van der Waals surface area contributed by atoms with Crippen molar-refractivity contribution in [2.75, 3.05) is 31.0 Å². The number of hydrogen-bond acceptors (Lipinski definition) is 6. The van der Waals surface area contributed by atoms with E-state index in [1.807, 2.05) is 6.07 Å². The Kier molecular flexibility index (Phi) is 6.96. The Hall–Kier alpha value is -3.20. The number of nitrogens with zero attached hydrogens (tertiary/aromatic N) is 2. The Balaban J connectivity index is 1.78. The summed E-state index contributed by atoms with van der Waals surface area (Å²) >= 11 is 3.42. The fourth-order valence-electron chi connectivity index (χ4n) is 2.49. The lowest BCUT2D eigenvalue weighted by Gasteiger charge is -2.13. The lowest BCUT2D eigenvalue weighted by molar-refractivity contribution is 0.0964. The summed E-state index contributed by atoms with van der Waals surface area (Å²) in [6.45, 7) is -0.513. The Morgan fingerprint density at radius 3 is 2.62 bits per heavy atom. The number of nitrogens with one attached hydrogen (secondary N) is 3. The molecule has 7 nitrogen and oxygen atoms in total. The van der Waals surface area contributed by atoms with Gasteiger partial charge in [0.25, 0.3) is 5.91 Å². The standard InChI is InChI=1S/C20H19BrFN5O2/c1-23-19(28)15-4-2-3-5-17(15)26-18-16(21)12-24-20(27-18)25-13-6-8-14(9-7-13)29-11-10-22/h2-9,12H,10-11H2,1H3,(H,23,28)(H2,24,25,26,27). The zero-order chi connectivity index (χ0) is 20.6. The van der Waals surface area contributed by atoms with E-state index in [9.17, 15) is 9.18 Å². The molecule has 3 N–H and O–H groups in total. The first-order valence-corrected chi connectivity index (χ1v) is 9.56. The predicted molar refractivity (Wildman–Crippen MR) is 114 cm³/mol. The normalized spacial score (nSPS) is 10.3. The summed E-state index contributed by atoms with van der Waals surface area (Å²) in [5.74, 6) is 1.25. The van der Waals surface area contributed by atoms with Gasteiger partial charge in [0.2, 0.25) is 5.95 Å². The fourth-order valence-corrected chi connectivity index (χ4v) is 2.78. The van der Waals surface area contributed by atoms with Crippen molar-refractivity contribution in [2.24, 2.45) is 0 Å². The van der Waals surface area contributed by atoms with Crippen LogP contribution in [0.4, 0.5) is 27.5 Å². The first-order chi connectivity index (χ1) is 14.1. The monoisotopic (exact) mass is 459 g/mol. The summed E-state index contributed by atoms with van der Waals surface area (Å²) in [6.07, 6.45) is 1.61. The Morgan fingerprint density at radius 1 is 1.14 bits per heavy atom. The predicted octanol–water partition coefficient (Wildman–Crippen LogP) is 4.43. The van der Waals surface area contributed by atoms with Gasteiger partial charge < -0.3 is 20.7 Å². The second-order valence-electron chi connectivity index (χ2n) is 5.83. The molecule has 0 aliphatic heterocycles. The van der Waals surface area contributed by atoms with Crippen LogP contribution in [0, 0.1) is 0 Å². The molecule has 3 rings (SSSR count). The number of para-hydroxylation sites is 1. The minimum absolute atomic E-state index is 0.0230. The Morgan fingerprint density at radius 2 is 1.90 bits per heavy atom. The SMILES string of the molecule is CNC(=O)c1ccccc1Nc1nc(Nc2ccc(OCCF)cc2)ncc1Br. The van der Waals surface area contributed by atoms with Gasteiger partial charge >= 0.3 is 0 Å². The molecule has 9 heteroatoms.